The highest BCUT2D eigenvalue weighted by Crippen LogP contribution is 2.36. The molecule has 2 unspecified atom stereocenters. The summed E-state index contributed by atoms with van der Waals surface area (Å²) >= 11 is 3.28. The van der Waals surface area contributed by atoms with Crippen LogP contribution in [0.5, 0.6) is 11.5 Å². The first-order chi connectivity index (χ1) is 22.9. The van der Waals surface area contributed by atoms with Crippen LogP contribution in [0.25, 0.3) is 0 Å². The molecule has 7 heteroatoms. The van der Waals surface area contributed by atoms with Gasteiger partial charge in [-0.05, 0) is 120 Å². The Hall–Kier alpha value is -4.10. The lowest BCUT2D eigenvalue weighted by atomic mass is 9.96. The van der Waals surface area contributed by atoms with Crippen LogP contribution in [0.1, 0.15) is 46.2 Å². The molecule has 6 nitrogen and oxygen atoms in total. The molecule has 244 valence electrons. The molecule has 0 aromatic heterocycles. The average molecular weight is 696 g/mol. The van der Waals surface area contributed by atoms with Crippen LogP contribution < -0.4 is 19.7 Å². The first-order valence-electron chi connectivity index (χ1n) is 16.6. The number of fused-ring (bicyclic) bond motifs is 2. The lowest BCUT2D eigenvalue weighted by Crippen LogP contribution is -2.43. The van der Waals surface area contributed by atoms with Crippen molar-refractivity contribution < 1.29 is 19.1 Å². The van der Waals surface area contributed by atoms with Crippen molar-refractivity contribution in [2.24, 2.45) is 11.8 Å². The van der Waals surface area contributed by atoms with Crippen LogP contribution in [0, 0.1) is 11.8 Å². The predicted octanol–water partition coefficient (Wildman–Crippen LogP) is 7.77. The van der Waals surface area contributed by atoms with Crippen LogP contribution in [-0.4, -0.2) is 37.9 Å². The summed E-state index contributed by atoms with van der Waals surface area (Å²) in [6.45, 7) is 0.857. The van der Waals surface area contributed by atoms with E-state index in [0.29, 0.717) is 30.0 Å². The SMILES string of the molecule is COc1cccc2c1CC(Cc1ccc(N3CCC3=O)cc1)C2.COc1cccc2c1CC(Cc1ccc(NC(=O)CCBr)cc1)C2. The Labute approximate surface area is 286 Å². The Morgan fingerprint density at radius 3 is 1.74 bits per heavy atom. The number of nitrogens with one attached hydrogen (secondary N) is 1. The number of hydrogen-bond donors (Lipinski definition) is 1. The number of rotatable bonds is 10. The number of methoxy groups -OCH3 is 2. The predicted molar refractivity (Wildman–Crippen MR) is 192 cm³/mol. The van der Waals surface area contributed by atoms with E-state index in [1.807, 2.05) is 23.1 Å². The van der Waals surface area contributed by atoms with Gasteiger partial charge in [-0.3, -0.25) is 9.59 Å². The van der Waals surface area contributed by atoms with Gasteiger partial charge in [0.05, 0.1) is 14.2 Å². The number of benzene rings is 4. The summed E-state index contributed by atoms with van der Waals surface area (Å²) in [5.74, 6) is 3.56. The molecular formula is C40H43BrN2O4. The van der Waals surface area contributed by atoms with Gasteiger partial charge in [0, 0.05) is 36.1 Å². The minimum Gasteiger partial charge on any atom is -0.496 e. The second kappa shape index (κ2) is 15.2. The van der Waals surface area contributed by atoms with Crippen molar-refractivity contribution in [1.29, 1.82) is 0 Å². The van der Waals surface area contributed by atoms with E-state index in [2.05, 4.69) is 88.0 Å². The van der Waals surface area contributed by atoms with Gasteiger partial charge in [0.15, 0.2) is 0 Å². The third kappa shape index (κ3) is 7.90. The fourth-order valence-electron chi connectivity index (χ4n) is 7.18. The topological polar surface area (TPSA) is 67.9 Å². The summed E-state index contributed by atoms with van der Waals surface area (Å²) in [5.41, 5.74) is 10.1. The van der Waals surface area contributed by atoms with Gasteiger partial charge in [0.1, 0.15) is 11.5 Å². The molecule has 1 aliphatic heterocycles. The zero-order valence-corrected chi connectivity index (χ0v) is 28.9. The van der Waals surface area contributed by atoms with Crippen LogP contribution >= 0.6 is 15.9 Å². The zero-order chi connectivity index (χ0) is 32.8. The number of amides is 2. The molecule has 2 aliphatic carbocycles. The van der Waals surface area contributed by atoms with E-state index in [4.69, 9.17) is 9.47 Å². The molecule has 1 heterocycles. The third-order valence-corrected chi connectivity index (χ3v) is 10.0. The van der Waals surface area contributed by atoms with Gasteiger partial charge in [-0.25, -0.2) is 0 Å². The number of β-lactam (4-membered cyclic amide) rings is 1. The van der Waals surface area contributed by atoms with E-state index in [-0.39, 0.29) is 11.8 Å². The van der Waals surface area contributed by atoms with Crippen LogP contribution in [-0.2, 0) is 48.1 Å². The molecule has 0 saturated carbocycles. The molecule has 2 atom stereocenters. The lowest BCUT2D eigenvalue weighted by Gasteiger charge is -2.30. The number of nitrogens with zero attached hydrogens (tertiary/aromatic N) is 1. The van der Waals surface area contributed by atoms with Crippen molar-refractivity contribution in [2.45, 2.75) is 51.4 Å². The first kappa shape index (κ1) is 32.8. The Balaban J connectivity index is 0.000000164. The molecule has 0 spiro atoms. The number of carbonyl (C=O) groups excluding carboxylic acids is 2. The highest BCUT2D eigenvalue weighted by molar-refractivity contribution is 9.09. The Bertz CT molecular complexity index is 1700. The summed E-state index contributed by atoms with van der Waals surface area (Å²) in [7, 11) is 3.49. The minimum atomic E-state index is 0.0398. The van der Waals surface area contributed by atoms with Crippen molar-refractivity contribution >= 4 is 39.1 Å². The Morgan fingerprint density at radius 1 is 0.766 bits per heavy atom. The smallest absolute Gasteiger partial charge is 0.228 e. The third-order valence-electron chi connectivity index (χ3n) is 9.61. The van der Waals surface area contributed by atoms with Gasteiger partial charge in [-0.15, -0.1) is 0 Å². The number of carbonyl (C=O) groups is 2. The van der Waals surface area contributed by atoms with Crippen molar-refractivity contribution in [2.75, 3.05) is 36.3 Å². The Morgan fingerprint density at radius 2 is 1.30 bits per heavy atom. The van der Waals surface area contributed by atoms with Gasteiger partial charge in [-0.1, -0.05) is 64.5 Å². The van der Waals surface area contributed by atoms with Crippen LogP contribution in [0.3, 0.4) is 0 Å². The largest absolute Gasteiger partial charge is 0.496 e. The van der Waals surface area contributed by atoms with Crippen molar-refractivity contribution in [3.05, 3.63) is 118 Å². The number of ether oxygens (including phenoxy) is 2. The molecule has 4 aromatic rings. The summed E-state index contributed by atoms with van der Waals surface area (Å²) in [5, 5.41) is 3.59. The number of alkyl halides is 1. The van der Waals surface area contributed by atoms with Gasteiger partial charge in [-0.2, -0.15) is 0 Å². The second-order valence-corrected chi connectivity index (χ2v) is 13.6. The average Bonchev–Trinajstić information content (AvgIpc) is 3.69. The van der Waals surface area contributed by atoms with E-state index in [9.17, 15) is 9.59 Å². The second-order valence-electron chi connectivity index (χ2n) is 12.8. The van der Waals surface area contributed by atoms with Crippen LogP contribution in [0.4, 0.5) is 11.4 Å². The molecule has 0 radical (unpaired) electrons. The summed E-state index contributed by atoms with van der Waals surface area (Å²) in [6, 6.07) is 29.4. The van der Waals surface area contributed by atoms with E-state index in [0.717, 1.165) is 67.9 Å². The fourth-order valence-corrected chi connectivity index (χ4v) is 7.54. The van der Waals surface area contributed by atoms with Crippen LogP contribution in [0.2, 0.25) is 0 Å². The molecule has 1 saturated heterocycles. The van der Waals surface area contributed by atoms with Crippen molar-refractivity contribution in [3.63, 3.8) is 0 Å². The molecular weight excluding hydrogens is 652 g/mol. The normalized spacial score (nSPS) is 17.6. The zero-order valence-electron chi connectivity index (χ0n) is 27.3. The molecule has 1 N–H and O–H groups in total. The van der Waals surface area contributed by atoms with Crippen molar-refractivity contribution in [1.82, 2.24) is 0 Å². The van der Waals surface area contributed by atoms with E-state index in [1.54, 1.807) is 14.2 Å². The maximum atomic E-state index is 11.6. The van der Waals surface area contributed by atoms with Crippen molar-refractivity contribution in [3.8, 4) is 11.5 Å². The van der Waals surface area contributed by atoms with E-state index in [1.165, 1.54) is 33.4 Å². The molecule has 4 aromatic carbocycles. The van der Waals surface area contributed by atoms with Gasteiger partial charge < -0.3 is 19.7 Å². The van der Waals surface area contributed by atoms with Gasteiger partial charge in [0.25, 0.3) is 0 Å². The highest BCUT2D eigenvalue weighted by atomic mass is 79.9. The van der Waals surface area contributed by atoms with Crippen LogP contribution in [0.15, 0.2) is 84.9 Å². The van der Waals surface area contributed by atoms with Gasteiger partial charge in [0.2, 0.25) is 11.8 Å². The summed E-state index contributed by atoms with van der Waals surface area (Å²) in [4.78, 5) is 25.0. The van der Waals surface area contributed by atoms with E-state index < -0.39 is 0 Å². The molecule has 2 amide bonds. The summed E-state index contributed by atoms with van der Waals surface area (Å²) in [6.07, 6.45) is 7.69. The summed E-state index contributed by atoms with van der Waals surface area (Å²) < 4.78 is 11.0. The maximum Gasteiger partial charge on any atom is 0.228 e. The number of halogens is 1. The number of anilines is 2. The molecule has 1 fully saturated rings. The Kier molecular flexibility index (Phi) is 10.6. The highest BCUT2D eigenvalue weighted by Gasteiger charge is 2.27. The molecule has 3 aliphatic rings. The molecule has 0 bridgehead atoms. The molecule has 7 rings (SSSR count). The minimum absolute atomic E-state index is 0.0398. The quantitative estimate of drug-likeness (QED) is 0.136. The molecule has 47 heavy (non-hydrogen) atoms. The standard InChI is InChI=1S/C20H22BrNO2.C20H21NO2/c1-24-19-4-2-3-16-12-15(13-18(16)19)11-14-5-7-17(8-6-14)22-20(23)9-10-21;1-23-19-4-2-3-16-12-15(13-18(16)19)11-14-5-7-17(8-6-14)21-10-9-20(21)22/h2-8,15H,9-13H2,1H3,(H,22,23);2-8,15H,9-13H2,1H3. The van der Waals surface area contributed by atoms with E-state index >= 15 is 0 Å². The monoisotopic (exact) mass is 694 g/mol. The fraction of sp³-hybridized carbons (Fsp3) is 0.350. The number of hydrogen-bond acceptors (Lipinski definition) is 4. The maximum absolute atomic E-state index is 11.6. The first-order valence-corrected chi connectivity index (χ1v) is 17.7. The van der Waals surface area contributed by atoms with Gasteiger partial charge >= 0.3 is 0 Å². The lowest BCUT2D eigenvalue weighted by molar-refractivity contribution is -0.122.